The molecule has 1 aromatic heterocycles. The molecule has 2 fully saturated rings. The third-order valence-corrected chi connectivity index (χ3v) is 4.64. The second-order valence-corrected chi connectivity index (χ2v) is 6.56. The zero-order valence-corrected chi connectivity index (χ0v) is 15.0. The summed E-state index contributed by atoms with van der Waals surface area (Å²) < 4.78 is 0. The Morgan fingerprint density at radius 1 is 1.25 bits per heavy atom. The molecule has 1 saturated heterocycles. The Labute approximate surface area is 145 Å². The molecule has 0 radical (unpaired) electrons. The summed E-state index contributed by atoms with van der Waals surface area (Å²) in [5, 5.41) is 6.78. The van der Waals surface area contributed by atoms with E-state index in [0.717, 1.165) is 51.0 Å². The number of aliphatic imine (C=N–C) groups is 1. The standard InChI is InChI=1S/C18H30N6/c1-3-19-18(22-16-5-6-16)21-14-15-7-8-20-17(13-15)24-11-9-23(4-2)10-12-24/h7-8,13,16H,3-6,9-12,14H2,1-2H3,(H2,19,21,22). The molecule has 1 aliphatic carbocycles. The van der Waals surface area contributed by atoms with Gasteiger partial charge in [0.2, 0.25) is 0 Å². The molecule has 0 atom stereocenters. The van der Waals surface area contributed by atoms with E-state index < -0.39 is 0 Å². The van der Waals surface area contributed by atoms with Crippen molar-refractivity contribution in [1.29, 1.82) is 0 Å². The first-order valence-electron chi connectivity index (χ1n) is 9.25. The minimum atomic E-state index is 0.616. The van der Waals surface area contributed by atoms with Crippen molar-refractivity contribution in [3.63, 3.8) is 0 Å². The molecule has 132 valence electrons. The van der Waals surface area contributed by atoms with Crippen LogP contribution in [0.15, 0.2) is 23.3 Å². The SMILES string of the molecule is CCNC(=NCc1ccnc(N2CCN(CC)CC2)c1)NC1CC1. The normalized spacial score (nSPS) is 19.4. The molecule has 6 heteroatoms. The molecule has 2 aliphatic rings. The summed E-state index contributed by atoms with van der Waals surface area (Å²) in [5.41, 5.74) is 1.21. The Kier molecular flexibility index (Phi) is 5.91. The average molecular weight is 330 g/mol. The van der Waals surface area contributed by atoms with Crippen LogP contribution in [0.5, 0.6) is 0 Å². The number of guanidine groups is 1. The van der Waals surface area contributed by atoms with E-state index >= 15 is 0 Å². The van der Waals surface area contributed by atoms with Crippen molar-refractivity contribution < 1.29 is 0 Å². The minimum absolute atomic E-state index is 0.616. The van der Waals surface area contributed by atoms with Crippen molar-refractivity contribution in [2.45, 2.75) is 39.3 Å². The number of rotatable bonds is 6. The monoisotopic (exact) mass is 330 g/mol. The number of hydrogen-bond acceptors (Lipinski definition) is 4. The maximum Gasteiger partial charge on any atom is 0.191 e. The number of piperazine rings is 1. The van der Waals surface area contributed by atoms with Crippen LogP contribution in [0.4, 0.5) is 5.82 Å². The Morgan fingerprint density at radius 3 is 2.71 bits per heavy atom. The number of hydrogen-bond donors (Lipinski definition) is 2. The van der Waals surface area contributed by atoms with E-state index in [9.17, 15) is 0 Å². The van der Waals surface area contributed by atoms with Crippen LogP contribution in [0.25, 0.3) is 0 Å². The van der Waals surface area contributed by atoms with E-state index in [-0.39, 0.29) is 0 Å². The topological polar surface area (TPSA) is 55.8 Å². The number of aromatic nitrogens is 1. The molecule has 1 aromatic rings. The summed E-state index contributed by atoms with van der Waals surface area (Å²) in [6, 6.07) is 4.87. The molecule has 1 aliphatic heterocycles. The molecule has 6 nitrogen and oxygen atoms in total. The van der Waals surface area contributed by atoms with Crippen LogP contribution in [-0.4, -0.2) is 61.2 Å². The molecule has 0 bridgehead atoms. The first kappa shape index (κ1) is 17.0. The van der Waals surface area contributed by atoms with E-state index in [1.165, 1.54) is 18.4 Å². The molecular weight excluding hydrogens is 300 g/mol. The van der Waals surface area contributed by atoms with Gasteiger partial charge in [0, 0.05) is 45.0 Å². The fraction of sp³-hybridized carbons (Fsp3) is 0.667. The summed E-state index contributed by atoms with van der Waals surface area (Å²) in [7, 11) is 0. The quantitative estimate of drug-likeness (QED) is 0.611. The van der Waals surface area contributed by atoms with E-state index in [4.69, 9.17) is 4.99 Å². The van der Waals surface area contributed by atoms with Gasteiger partial charge < -0.3 is 20.4 Å². The van der Waals surface area contributed by atoms with Gasteiger partial charge in [-0.2, -0.15) is 0 Å². The van der Waals surface area contributed by atoms with Crippen molar-refractivity contribution in [2.75, 3.05) is 44.2 Å². The summed E-state index contributed by atoms with van der Waals surface area (Å²) in [6.07, 6.45) is 4.43. The van der Waals surface area contributed by atoms with Gasteiger partial charge in [-0.3, -0.25) is 0 Å². The number of pyridine rings is 1. The van der Waals surface area contributed by atoms with Crippen LogP contribution in [0, 0.1) is 0 Å². The lowest BCUT2D eigenvalue weighted by atomic mass is 10.2. The van der Waals surface area contributed by atoms with Gasteiger partial charge in [0.05, 0.1) is 6.54 Å². The van der Waals surface area contributed by atoms with Crippen LogP contribution >= 0.6 is 0 Å². The summed E-state index contributed by atoms with van der Waals surface area (Å²) in [6.45, 7) is 11.4. The predicted octanol–water partition coefficient (Wildman–Crippen LogP) is 1.44. The van der Waals surface area contributed by atoms with Gasteiger partial charge in [0.15, 0.2) is 5.96 Å². The molecule has 0 unspecified atom stereocenters. The fourth-order valence-electron chi connectivity index (χ4n) is 2.94. The van der Waals surface area contributed by atoms with Crippen LogP contribution in [0.3, 0.4) is 0 Å². The molecule has 1 saturated carbocycles. The Bertz CT molecular complexity index is 546. The van der Waals surface area contributed by atoms with Crippen molar-refractivity contribution in [1.82, 2.24) is 20.5 Å². The number of nitrogens with one attached hydrogen (secondary N) is 2. The maximum absolute atomic E-state index is 4.72. The van der Waals surface area contributed by atoms with Crippen molar-refractivity contribution in [3.8, 4) is 0 Å². The van der Waals surface area contributed by atoms with E-state index in [2.05, 4.69) is 51.4 Å². The first-order valence-corrected chi connectivity index (χ1v) is 9.25. The zero-order chi connectivity index (χ0) is 16.8. The number of anilines is 1. The maximum atomic E-state index is 4.72. The van der Waals surface area contributed by atoms with Crippen molar-refractivity contribution in [3.05, 3.63) is 23.9 Å². The van der Waals surface area contributed by atoms with E-state index in [1.807, 2.05) is 6.20 Å². The first-order chi connectivity index (χ1) is 11.8. The third kappa shape index (κ3) is 4.84. The van der Waals surface area contributed by atoms with Crippen molar-refractivity contribution >= 4 is 11.8 Å². The third-order valence-electron chi connectivity index (χ3n) is 4.64. The molecular formula is C18H30N6. The highest BCUT2D eigenvalue weighted by Crippen LogP contribution is 2.19. The Balaban J connectivity index is 1.60. The van der Waals surface area contributed by atoms with Crippen LogP contribution in [0.1, 0.15) is 32.3 Å². The second kappa shape index (κ2) is 8.33. The Hall–Kier alpha value is -1.82. The lowest BCUT2D eigenvalue weighted by molar-refractivity contribution is 0.270. The van der Waals surface area contributed by atoms with Gasteiger partial charge in [0.1, 0.15) is 5.82 Å². The Morgan fingerprint density at radius 2 is 2.04 bits per heavy atom. The van der Waals surface area contributed by atoms with Gasteiger partial charge >= 0.3 is 0 Å². The van der Waals surface area contributed by atoms with Crippen LogP contribution in [0.2, 0.25) is 0 Å². The summed E-state index contributed by atoms with van der Waals surface area (Å²) in [5.74, 6) is 2.01. The van der Waals surface area contributed by atoms with Gasteiger partial charge in [-0.1, -0.05) is 6.92 Å². The molecule has 2 N–H and O–H groups in total. The van der Waals surface area contributed by atoms with Gasteiger partial charge in [0.25, 0.3) is 0 Å². The van der Waals surface area contributed by atoms with Gasteiger partial charge in [-0.25, -0.2) is 9.98 Å². The molecule has 2 heterocycles. The number of nitrogens with zero attached hydrogens (tertiary/aromatic N) is 4. The molecule has 0 aromatic carbocycles. The number of likely N-dealkylation sites (N-methyl/N-ethyl adjacent to an activating group) is 1. The highest BCUT2D eigenvalue weighted by atomic mass is 15.3. The molecule has 3 rings (SSSR count). The fourth-order valence-corrected chi connectivity index (χ4v) is 2.94. The largest absolute Gasteiger partial charge is 0.357 e. The highest BCUT2D eigenvalue weighted by Gasteiger charge is 2.22. The second-order valence-electron chi connectivity index (χ2n) is 6.56. The molecule has 0 spiro atoms. The van der Waals surface area contributed by atoms with Crippen LogP contribution in [-0.2, 0) is 6.54 Å². The van der Waals surface area contributed by atoms with Gasteiger partial charge in [-0.15, -0.1) is 0 Å². The van der Waals surface area contributed by atoms with Gasteiger partial charge in [-0.05, 0) is 44.0 Å². The van der Waals surface area contributed by atoms with E-state index in [1.54, 1.807) is 0 Å². The lowest BCUT2D eigenvalue weighted by Crippen LogP contribution is -2.46. The predicted molar refractivity (Wildman–Crippen MR) is 99.5 cm³/mol. The van der Waals surface area contributed by atoms with E-state index in [0.29, 0.717) is 12.6 Å². The smallest absolute Gasteiger partial charge is 0.191 e. The molecule has 24 heavy (non-hydrogen) atoms. The highest BCUT2D eigenvalue weighted by molar-refractivity contribution is 5.80. The molecule has 0 amide bonds. The minimum Gasteiger partial charge on any atom is -0.357 e. The summed E-state index contributed by atoms with van der Waals surface area (Å²) in [4.78, 5) is 14.1. The average Bonchev–Trinajstić information content (AvgIpc) is 3.44. The van der Waals surface area contributed by atoms with Crippen molar-refractivity contribution in [2.24, 2.45) is 4.99 Å². The zero-order valence-electron chi connectivity index (χ0n) is 15.0. The van der Waals surface area contributed by atoms with Crippen LogP contribution < -0.4 is 15.5 Å². The summed E-state index contributed by atoms with van der Waals surface area (Å²) >= 11 is 0. The lowest BCUT2D eigenvalue weighted by Gasteiger charge is -2.34.